The van der Waals surface area contributed by atoms with Crippen molar-refractivity contribution in [2.45, 2.75) is 45.8 Å². The van der Waals surface area contributed by atoms with Crippen molar-refractivity contribution in [2.24, 2.45) is 0 Å². The molecule has 0 saturated heterocycles. The van der Waals surface area contributed by atoms with Gasteiger partial charge in [-0.15, -0.1) is 0 Å². The molecule has 0 bridgehead atoms. The molecule has 0 aliphatic carbocycles. The maximum absolute atomic E-state index is 14.3. The molecule has 1 aromatic carbocycles. The second-order valence-electron chi connectivity index (χ2n) is 6.33. The molecule has 1 unspecified atom stereocenters. The van der Waals surface area contributed by atoms with Gasteiger partial charge in [0.1, 0.15) is 11.4 Å². The van der Waals surface area contributed by atoms with E-state index >= 15 is 0 Å². The van der Waals surface area contributed by atoms with Crippen LogP contribution in [0, 0.1) is 5.82 Å². The van der Waals surface area contributed by atoms with E-state index < -0.39 is 29.5 Å². The number of alkyl carbamates (subject to hydrolysis) is 1. The summed E-state index contributed by atoms with van der Waals surface area (Å²) >= 11 is 0. The summed E-state index contributed by atoms with van der Waals surface area (Å²) in [6, 6.07) is 3.80. The number of halogens is 1. The maximum Gasteiger partial charge on any atom is 0.408 e. The molecule has 1 atom stereocenters. The van der Waals surface area contributed by atoms with Gasteiger partial charge in [0.15, 0.2) is 0 Å². The highest BCUT2D eigenvalue weighted by Crippen LogP contribution is 2.21. The number of benzene rings is 1. The molecule has 134 valence electrons. The van der Waals surface area contributed by atoms with Crippen LogP contribution >= 0.6 is 0 Å². The van der Waals surface area contributed by atoms with Crippen LogP contribution in [0.1, 0.15) is 56.1 Å². The maximum atomic E-state index is 14.3. The third-order valence-electron chi connectivity index (χ3n) is 3.28. The number of ether oxygens (including phenoxy) is 1. The third-order valence-corrected chi connectivity index (χ3v) is 3.28. The monoisotopic (exact) mass is 340 g/mol. The average Bonchev–Trinajstić information content (AvgIpc) is 2.49. The minimum atomic E-state index is -0.675. The first kappa shape index (κ1) is 19.9. The van der Waals surface area contributed by atoms with Gasteiger partial charge in [-0.25, -0.2) is 14.2 Å². The summed E-state index contributed by atoms with van der Waals surface area (Å²) in [6.45, 7) is 7.15. The van der Waals surface area contributed by atoms with Crippen molar-refractivity contribution in [3.05, 3.63) is 35.1 Å². The molecule has 0 heterocycles. The number of hydrogen-bond donors (Lipinski definition) is 1. The largest absolute Gasteiger partial charge is 0.444 e. The van der Waals surface area contributed by atoms with Crippen LogP contribution in [0.25, 0.3) is 0 Å². The molecule has 1 aromatic rings. The van der Waals surface area contributed by atoms with Gasteiger partial charge < -0.3 is 10.1 Å². The van der Waals surface area contributed by atoms with Gasteiger partial charge in [-0.2, -0.15) is 0 Å². The molecule has 7 heteroatoms. The Balaban J connectivity index is 2.94. The topological polar surface area (TPSA) is 67.9 Å². The highest BCUT2D eigenvalue weighted by Gasteiger charge is 2.22. The first-order chi connectivity index (χ1) is 11.1. The van der Waals surface area contributed by atoms with Crippen LogP contribution in [0.3, 0.4) is 0 Å². The smallest absolute Gasteiger partial charge is 0.408 e. The Morgan fingerprint density at radius 1 is 1.33 bits per heavy atom. The highest BCUT2D eigenvalue weighted by molar-refractivity contribution is 5.93. The number of carbonyl (C=O) groups excluding carboxylic acids is 2. The van der Waals surface area contributed by atoms with E-state index in [0.29, 0.717) is 12.0 Å². The Labute approximate surface area is 141 Å². The van der Waals surface area contributed by atoms with Gasteiger partial charge in [-0.1, -0.05) is 13.0 Å². The van der Waals surface area contributed by atoms with Gasteiger partial charge >= 0.3 is 6.09 Å². The predicted octanol–water partition coefficient (Wildman–Crippen LogP) is 3.43. The van der Waals surface area contributed by atoms with Crippen LogP contribution < -0.4 is 5.32 Å². The summed E-state index contributed by atoms with van der Waals surface area (Å²) in [5.41, 5.74) is -0.165. The van der Waals surface area contributed by atoms with E-state index in [1.54, 1.807) is 26.8 Å². The predicted molar refractivity (Wildman–Crippen MR) is 87.9 cm³/mol. The zero-order valence-electron chi connectivity index (χ0n) is 15.0. The summed E-state index contributed by atoms with van der Waals surface area (Å²) in [5.74, 6) is -1.26. The number of rotatable bonds is 5. The van der Waals surface area contributed by atoms with Crippen LogP contribution in [0.5, 0.6) is 0 Å². The Hall–Kier alpha value is -2.15. The van der Waals surface area contributed by atoms with E-state index in [1.165, 1.54) is 26.3 Å². The van der Waals surface area contributed by atoms with E-state index in [9.17, 15) is 14.0 Å². The number of carbonyl (C=O) groups is 2. The Morgan fingerprint density at radius 2 is 1.96 bits per heavy atom. The van der Waals surface area contributed by atoms with Gasteiger partial charge in [0.25, 0.3) is 5.91 Å². The van der Waals surface area contributed by atoms with Crippen LogP contribution in [0.15, 0.2) is 18.2 Å². The van der Waals surface area contributed by atoms with Crippen LogP contribution in [0.4, 0.5) is 9.18 Å². The minimum Gasteiger partial charge on any atom is -0.444 e. The van der Waals surface area contributed by atoms with Crippen LogP contribution in [-0.4, -0.2) is 36.8 Å². The van der Waals surface area contributed by atoms with E-state index in [1.807, 2.05) is 6.92 Å². The van der Waals surface area contributed by atoms with E-state index in [4.69, 9.17) is 9.57 Å². The summed E-state index contributed by atoms with van der Waals surface area (Å²) in [5, 5.41) is 3.64. The highest BCUT2D eigenvalue weighted by atomic mass is 19.1. The molecule has 0 spiro atoms. The van der Waals surface area contributed by atoms with Crippen molar-refractivity contribution < 1.29 is 23.6 Å². The van der Waals surface area contributed by atoms with Crippen LogP contribution in [-0.2, 0) is 9.57 Å². The van der Waals surface area contributed by atoms with Crippen molar-refractivity contribution >= 4 is 12.0 Å². The molecule has 0 fully saturated rings. The zero-order chi connectivity index (χ0) is 18.5. The first-order valence-corrected chi connectivity index (χ1v) is 7.70. The van der Waals surface area contributed by atoms with Gasteiger partial charge in [0.05, 0.1) is 18.7 Å². The fraction of sp³-hybridized carbons (Fsp3) is 0.529. The zero-order valence-corrected chi connectivity index (χ0v) is 15.0. The molecular formula is C17H25FN2O4. The van der Waals surface area contributed by atoms with E-state index in [2.05, 4.69) is 5.32 Å². The second-order valence-corrected chi connectivity index (χ2v) is 6.33. The minimum absolute atomic E-state index is 0.102. The lowest BCUT2D eigenvalue weighted by molar-refractivity contribution is -0.0759. The van der Waals surface area contributed by atoms with Crippen molar-refractivity contribution in [3.63, 3.8) is 0 Å². The molecule has 0 aromatic heterocycles. The molecule has 0 radical (unpaired) electrons. The number of amides is 2. The molecule has 24 heavy (non-hydrogen) atoms. The fourth-order valence-electron chi connectivity index (χ4n) is 2.04. The Bertz CT molecular complexity index is 599. The molecule has 6 nitrogen and oxygen atoms in total. The second kappa shape index (κ2) is 8.10. The molecule has 0 aliphatic heterocycles. The number of nitrogens with zero attached hydrogens (tertiary/aromatic N) is 1. The Morgan fingerprint density at radius 3 is 2.42 bits per heavy atom. The van der Waals surface area contributed by atoms with E-state index in [-0.39, 0.29) is 5.56 Å². The summed E-state index contributed by atoms with van der Waals surface area (Å²) < 4.78 is 19.5. The van der Waals surface area contributed by atoms with Gasteiger partial charge in [0.2, 0.25) is 0 Å². The normalized spacial score (nSPS) is 12.5. The SMILES string of the molecule is CCC(NC(=O)OC(C)(C)C)c1ccc(C(=O)N(C)OC)c(F)c1. The van der Waals surface area contributed by atoms with Gasteiger partial charge in [-0.05, 0) is 44.9 Å². The van der Waals surface area contributed by atoms with Crippen LogP contribution in [0.2, 0.25) is 0 Å². The summed E-state index contributed by atoms with van der Waals surface area (Å²) in [7, 11) is 2.72. The lowest BCUT2D eigenvalue weighted by Gasteiger charge is -2.23. The quantitative estimate of drug-likeness (QED) is 0.834. The standard InChI is InChI=1S/C17H25FN2O4/c1-7-14(19-16(22)24-17(2,3)4)11-8-9-12(13(18)10-11)15(21)20(5)23-6/h8-10,14H,7H2,1-6H3,(H,19,22). The molecular weight excluding hydrogens is 315 g/mol. The molecule has 1 rings (SSSR count). The number of hydrogen-bond acceptors (Lipinski definition) is 4. The Kier molecular flexibility index (Phi) is 6.71. The van der Waals surface area contributed by atoms with Crippen molar-refractivity contribution in [3.8, 4) is 0 Å². The van der Waals surface area contributed by atoms with E-state index in [0.717, 1.165) is 5.06 Å². The third kappa shape index (κ3) is 5.49. The summed E-state index contributed by atoms with van der Waals surface area (Å²) in [6.07, 6.45) is -0.0294. The lowest BCUT2D eigenvalue weighted by Crippen LogP contribution is -2.35. The molecule has 1 N–H and O–H groups in total. The van der Waals surface area contributed by atoms with Gasteiger partial charge in [0, 0.05) is 7.05 Å². The molecule has 0 saturated carbocycles. The number of nitrogens with one attached hydrogen (secondary N) is 1. The molecule has 0 aliphatic rings. The average molecular weight is 340 g/mol. The van der Waals surface area contributed by atoms with Crippen molar-refractivity contribution in [1.82, 2.24) is 10.4 Å². The van der Waals surface area contributed by atoms with Crippen molar-refractivity contribution in [1.29, 1.82) is 0 Å². The van der Waals surface area contributed by atoms with Crippen molar-refractivity contribution in [2.75, 3.05) is 14.2 Å². The fourth-order valence-corrected chi connectivity index (χ4v) is 2.04. The molecule has 2 amide bonds. The summed E-state index contributed by atoms with van der Waals surface area (Å²) in [4.78, 5) is 28.6. The number of hydroxylamine groups is 2. The van der Waals surface area contributed by atoms with Gasteiger partial charge in [-0.3, -0.25) is 9.63 Å². The lowest BCUT2D eigenvalue weighted by atomic mass is 10.0. The first-order valence-electron chi connectivity index (χ1n) is 7.70.